The van der Waals surface area contributed by atoms with Gasteiger partial charge in [0.2, 0.25) is 0 Å². The average Bonchev–Trinajstić information content (AvgIpc) is 2.60. The van der Waals surface area contributed by atoms with Crippen LogP contribution in [-0.2, 0) is 6.61 Å². The second-order valence-corrected chi connectivity index (χ2v) is 5.96. The molecule has 3 aromatic rings. The Labute approximate surface area is 147 Å². The van der Waals surface area contributed by atoms with Gasteiger partial charge in [-0.3, -0.25) is 4.98 Å². The van der Waals surface area contributed by atoms with E-state index in [1.807, 2.05) is 49.5 Å². The standard InChI is InChI=1S/C20H19ClN2O/c1-14-5-3-8-19(22-2)18(14)13-24-17-9-10-23-20(12-17)15-6-4-7-16(21)11-15/h3-12,22H,13H2,1-2H3. The maximum absolute atomic E-state index is 6.06. The minimum Gasteiger partial charge on any atom is -0.489 e. The quantitative estimate of drug-likeness (QED) is 0.682. The van der Waals surface area contributed by atoms with Crippen LogP contribution < -0.4 is 10.1 Å². The van der Waals surface area contributed by atoms with Crippen molar-refractivity contribution in [2.45, 2.75) is 13.5 Å². The lowest BCUT2D eigenvalue weighted by Gasteiger charge is -2.14. The first-order chi connectivity index (χ1) is 11.7. The molecule has 0 unspecified atom stereocenters. The molecular weight excluding hydrogens is 320 g/mol. The number of anilines is 1. The summed E-state index contributed by atoms with van der Waals surface area (Å²) in [5, 5.41) is 3.90. The van der Waals surface area contributed by atoms with Crippen molar-refractivity contribution in [1.29, 1.82) is 0 Å². The second kappa shape index (κ2) is 7.37. The van der Waals surface area contributed by atoms with Crippen molar-refractivity contribution < 1.29 is 4.74 Å². The fourth-order valence-corrected chi connectivity index (χ4v) is 2.78. The Bertz CT molecular complexity index is 849. The molecular formula is C20H19ClN2O. The first-order valence-electron chi connectivity index (χ1n) is 7.78. The van der Waals surface area contributed by atoms with Gasteiger partial charge in [-0.25, -0.2) is 0 Å². The van der Waals surface area contributed by atoms with Crippen LogP contribution in [0.5, 0.6) is 5.75 Å². The lowest BCUT2D eigenvalue weighted by Crippen LogP contribution is -2.03. The van der Waals surface area contributed by atoms with E-state index in [1.54, 1.807) is 6.20 Å². The Kier molecular flexibility index (Phi) is 5.02. The third-order valence-corrected chi connectivity index (χ3v) is 4.15. The Morgan fingerprint density at radius 1 is 1.08 bits per heavy atom. The van der Waals surface area contributed by atoms with Gasteiger partial charge in [-0.1, -0.05) is 35.9 Å². The predicted molar refractivity (Wildman–Crippen MR) is 99.7 cm³/mol. The highest BCUT2D eigenvalue weighted by atomic mass is 35.5. The number of benzene rings is 2. The molecule has 0 aliphatic carbocycles. The van der Waals surface area contributed by atoms with Gasteiger partial charge in [0.25, 0.3) is 0 Å². The Hall–Kier alpha value is -2.52. The zero-order valence-electron chi connectivity index (χ0n) is 13.7. The molecule has 3 nitrogen and oxygen atoms in total. The summed E-state index contributed by atoms with van der Waals surface area (Å²) in [6, 6.07) is 17.6. The molecule has 0 spiro atoms. The molecule has 122 valence electrons. The van der Waals surface area contributed by atoms with E-state index in [1.165, 1.54) is 5.56 Å². The van der Waals surface area contributed by atoms with E-state index in [9.17, 15) is 0 Å². The van der Waals surface area contributed by atoms with Gasteiger partial charge >= 0.3 is 0 Å². The van der Waals surface area contributed by atoms with Crippen LogP contribution in [0.2, 0.25) is 5.02 Å². The van der Waals surface area contributed by atoms with Gasteiger partial charge in [-0.15, -0.1) is 0 Å². The maximum Gasteiger partial charge on any atom is 0.123 e. The van der Waals surface area contributed by atoms with E-state index < -0.39 is 0 Å². The number of hydrogen-bond acceptors (Lipinski definition) is 3. The van der Waals surface area contributed by atoms with Crippen LogP contribution in [0.1, 0.15) is 11.1 Å². The van der Waals surface area contributed by atoms with Gasteiger partial charge < -0.3 is 10.1 Å². The van der Waals surface area contributed by atoms with Crippen LogP contribution in [0.4, 0.5) is 5.69 Å². The fraction of sp³-hybridized carbons (Fsp3) is 0.150. The minimum absolute atomic E-state index is 0.502. The van der Waals surface area contributed by atoms with E-state index in [4.69, 9.17) is 16.3 Å². The fourth-order valence-electron chi connectivity index (χ4n) is 2.59. The third-order valence-electron chi connectivity index (χ3n) is 3.91. The number of nitrogens with zero attached hydrogens (tertiary/aromatic N) is 1. The number of aromatic nitrogens is 1. The van der Waals surface area contributed by atoms with Gasteiger partial charge in [0.05, 0.1) is 5.69 Å². The Morgan fingerprint density at radius 2 is 1.92 bits per heavy atom. The van der Waals surface area contributed by atoms with Crippen molar-refractivity contribution in [2.24, 2.45) is 0 Å². The number of ether oxygens (including phenoxy) is 1. The maximum atomic E-state index is 6.06. The Balaban J connectivity index is 1.81. The van der Waals surface area contributed by atoms with Gasteiger partial charge in [0, 0.05) is 41.1 Å². The molecule has 0 aliphatic heterocycles. The van der Waals surface area contributed by atoms with Crippen LogP contribution in [0, 0.1) is 6.92 Å². The lowest BCUT2D eigenvalue weighted by atomic mass is 10.1. The summed E-state index contributed by atoms with van der Waals surface area (Å²) >= 11 is 6.06. The van der Waals surface area contributed by atoms with E-state index in [0.29, 0.717) is 11.6 Å². The zero-order valence-corrected chi connectivity index (χ0v) is 14.5. The molecule has 0 aliphatic rings. The first-order valence-corrected chi connectivity index (χ1v) is 8.16. The van der Waals surface area contributed by atoms with Gasteiger partial charge in [-0.2, -0.15) is 0 Å². The summed E-state index contributed by atoms with van der Waals surface area (Å²) < 4.78 is 5.99. The smallest absolute Gasteiger partial charge is 0.123 e. The molecule has 4 heteroatoms. The molecule has 0 saturated heterocycles. The predicted octanol–water partition coefficient (Wildman–Crippen LogP) is 5.33. The molecule has 3 rings (SSSR count). The average molecular weight is 339 g/mol. The van der Waals surface area contributed by atoms with Crippen molar-refractivity contribution in [3.63, 3.8) is 0 Å². The normalized spacial score (nSPS) is 10.5. The van der Waals surface area contributed by atoms with E-state index in [0.717, 1.165) is 28.3 Å². The highest BCUT2D eigenvalue weighted by molar-refractivity contribution is 6.30. The molecule has 24 heavy (non-hydrogen) atoms. The summed E-state index contributed by atoms with van der Waals surface area (Å²) in [7, 11) is 1.92. The summed E-state index contributed by atoms with van der Waals surface area (Å²) in [4.78, 5) is 4.41. The molecule has 2 aromatic carbocycles. The first kappa shape index (κ1) is 16.3. The molecule has 0 radical (unpaired) electrons. The van der Waals surface area contributed by atoms with Crippen molar-refractivity contribution in [2.75, 3.05) is 12.4 Å². The molecule has 1 N–H and O–H groups in total. The monoisotopic (exact) mass is 338 g/mol. The number of halogens is 1. The Morgan fingerprint density at radius 3 is 2.71 bits per heavy atom. The minimum atomic E-state index is 0.502. The lowest BCUT2D eigenvalue weighted by molar-refractivity contribution is 0.306. The van der Waals surface area contributed by atoms with Crippen molar-refractivity contribution in [1.82, 2.24) is 4.98 Å². The number of aryl methyl sites for hydroxylation is 1. The summed E-state index contributed by atoms with van der Waals surface area (Å²) in [6.07, 6.45) is 1.75. The van der Waals surface area contributed by atoms with Gasteiger partial charge in [0.1, 0.15) is 12.4 Å². The SMILES string of the molecule is CNc1cccc(C)c1COc1ccnc(-c2cccc(Cl)c2)c1. The summed E-state index contributed by atoms with van der Waals surface area (Å²) in [5.74, 6) is 0.783. The number of pyridine rings is 1. The van der Waals surface area contributed by atoms with Crippen molar-refractivity contribution >= 4 is 17.3 Å². The molecule has 1 aromatic heterocycles. The summed E-state index contributed by atoms with van der Waals surface area (Å²) in [6.45, 7) is 2.59. The van der Waals surface area contributed by atoms with E-state index >= 15 is 0 Å². The van der Waals surface area contributed by atoms with Gasteiger partial charge in [-0.05, 0) is 36.8 Å². The molecule has 0 bridgehead atoms. The largest absolute Gasteiger partial charge is 0.489 e. The second-order valence-electron chi connectivity index (χ2n) is 5.53. The zero-order chi connectivity index (χ0) is 16.9. The van der Waals surface area contributed by atoms with E-state index in [2.05, 4.69) is 29.4 Å². The van der Waals surface area contributed by atoms with Crippen molar-refractivity contribution in [3.8, 4) is 17.0 Å². The third kappa shape index (κ3) is 3.69. The molecule has 0 atom stereocenters. The van der Waals surface area contributed by atoms with Crippen molar-refractivity contribution in [3.05, 3.63) is 76.9 Å². The highest BCUT2D eigenvalue weighted by Gasteiger charge is 2.07. The van der Waals surface area contributed by atoms with Crippen LogP contribution >= 0.6 is 11.6 Å². The number of rotatable bonds is 5. The topological polar surface area (TPSA) is 34.1 Å². The summed E-state index contributed by atoms with van der Waals surface area (Å²) in [5.41, 5.74) is 5.25. The molecule has 1 heterocycles. The van der Waals surface area contributed by atoms with Crippen LogP contribution in [-0.4, -0.2) is 12.0 Å². The highest BCUT2D eigenvalue weighted by Crippen LogP contribution is 2.26. The van der Waals surface area contributed by atoms with Gasteiger partial charge in [0.15, 0.2) is 0 Å². The van der Waals surface area contributed by atoms with Crippen LogP contribution in [0.3, 0.4) is 0 Å². The van der Waals surface area contributed by atoms with Crippen LogP contribution in [0.25, 0.3) is 11.3 Å². The number of nitrogens with one attached hydrogen (secondary N) is 1. The number of hydrogen-bond donors (Lipinski definition) is 1. The molecule has 0 amide bonds. The van der Waals surface area contributed by atoms with Crippen LogP contribution in [0.15, 0.2) is 60.8 Å². The molecule has 0 saturated carbocycles. The van der Waals surface area contributed by atoms with E-state index in [-0.39, 0.29) is 0 Å². The molecule has 0 fully saturated rings.